The molecule has 0 aromatic rings. The smallest absolute Gasteiger partial charge is 0.303 e. The van der Waals surface area contributed by atoms with Crippen LogP contribution in [-0.2, 0) is 9.59 Å². The molecule has 0 heterocycles. The van der Waals surface area contributed by atoms with Crippen LogP contribution in [0.1, 0.15) is 51.9 Å². The van der Waals surface area contributed by atoms with Gasteiger partial charge in [0.1, 0.15) is 0 Å². The molecule has 0 aromatic carbocycles. The van der Waals surface area contributed by atoms with Crippen LogP contribution in [-0.4, -0.2) is 46.7 Å². The SMILES string of the molecule is CC(O)CN(C)C(=O)CC1(CC(=O)O)CCCCC1. The number of hydrogen-bond acceptors (Lipinski definition) is 3. The predicted molar refractivity (Wildman–Crippen MR) is 71.7 cm³/mol. The quantitative estimate of drug-likeness (QED) is 0.770. The monoisotopic (exact) mass is 271 g/mol. The summed E-state index contributed by atoms with van der Waals surface area (Å²) in [6, 6.07) is 0. The number of carbonyl (C=O) groups is 2. The lowest BCUT2D eigenvalue weighted by Crippen LogP contribution is -2.38. The number of aliphatic hydroxyl groups is 1. The standard InChI is InChI=1S/C14H25NO4/c1-11(16)10-15(2)12(17)8-14(9-13(18)19)6-4-3-5-7-14/h11,16H,3-10H2,1-2H3,(H,18,19). The fourth-order valence-corrected chi connectivity index (χ4v) is 2.99. The van der Waals surface area contributed by atoms with Crippen molar-refractivity contribution in [3.63, 3.8) is 0 Å². The Hall–Kier alpha value is -1.10. The third-order valence-corrected chi connectivity index (χ3v) is 3.93. The Morgan fingerprint density at radius 2 is 1.79 bits per heavy atom. The molecule has 5 heteroatoms. The summed E-state index contributed by atoms with van der Waals surface area (Å²) in [5.41, 5.74) is -0.381. The van der Waals surface area contributed by atoms with Crippen LogP contribution in [0, 0.1) is 5.41 Å². The third-order valence-electron chi connectivity index (χ3n) is 3.93. The maximum Gasteiger partial charge on any atom is 0.303 e. The minimum Gasteiger partial charge on any atom is -0.481 e. The first-order valence-corrected chi connectivity index (χ1v) is 6.98. The maximum atomic E-state index is 12.2. The molecule has 19 heavy (non-hydrogen) atoms. The van der Waals surface area contributed by atoms with E-state index in [9.17, 15) is 14.7 Å². The molecule has 1 amide bonds. The number of amides is 1. The van der Waals surface area contributed by atoms with Crippen molar-refractivity contribution in [2.45, 2.75) is 58.0 Å². The van der Waals surface area contributed by atoms with Crippen LogP contribution >= 0.6 is 0 Å². The summed E-state index contributed by atoms with van der Waals surface area (Å²) in [4.78, 5) is 24.7. The number of rotatable bonds is 6. The first kappa shape index (κ1) is 16.0. The van der Waals surface area contributed by atoms with Crippen LogP contribution in [0.2, 0.25) is 0 Å². The van der Waals surface area contributed by atoms with Gasteiger partial charge in [0.2, 0.25) is 5.91 Å². The fourth-order valence-electron chi connectivity index (χ4n) is 2.99. The van der Waals surface area contributed by atoms with E-state index in [1.807, 2.05) is 0 Å². The zero-order chi connectivity index (χ0) is 14.5. The Bertz CT molecular complexity index is 321. The molecular weight excluding hydrogens is 246 g/mol. The molecule has 0 saturated heterocycles. The van der Waals surface area contributed by atoms with E-state index in [1.165, 1.54) is 4.90 Å². The van der Waals surface area contributed by atoms with Crippen molar-refractivity contribution in [1.29, 1.82) is 0 Å². The molecule has 1 aliphatic carbocycles. The normalized spacial score (nSPS) is 19.7. The van der Waals surface area contributed by atoms with E-state index in [-0.39, 0.29) is 24.2 Å². The van der Waals surface area contributed by atoms with Gasteiger partial charge >= 0.3 is 5.97 Å². The number of hydrogen-bond donors (Lipinski definition) is 2. The van der Waals surface area contributed by atoms with Crippen molar-refractivity contribution in [3.8, 4) is 0 Å². The van der Waals surface area contributed by atoms with Crippen molar-refractivity contribution >= 4 is 11.9 Å². The number of carboxylic acid groups (broad SMARTS) is 1. The largest absolute Gasteiger partial charge is 0.481 e. The number of aliphatic carboxylic acids is 1. The van der Waals surface area contributed by atoms with Crippen LogP contribution in [0.4, 0.5) is 0 Å². The van der Waals surface area contributed by atoms with Crippen molar-refractivity contribution in [3.05, 3.63) is 0 Å². The van der Waals surface area contributed by atoms with Gasteiger partial charge in [-0.05, 0) is 25.2 Å². The van der Waals surface area contributed by atoms with Crippen LogP contribution in [0.5, 0.6) is 0 Å². The highest BCUT2D eigenvalue weighted by Crippen LogP contribution is 2.42. The number of carboxylic acids is 1. The molecule has 1 unspecified atom stereocenters. The summed E-state index contributed by atoms with van der Waals surface area (Å²) >= 11 is 0. The van der Waals surface area contributed by atoms with E-state index in [0.29, 0.717) is 6.54 Å². The molecule has 5 nitrogen and oxygen atoms in total. The zero-order valence-electron chi connectivity index (χ0n) is 11.9. The minimum absolute atomic E-state index is 0.0657. The van der Waals surface area contributed by atoms with E-state index in [1.54, 1.807) is 14.0 Å². The summed E-state index contributed by atoms with van der Waals surface area (Å²) in [6.07, 6.45) is 4.54. The van der Waals surface area contributed by atoms with E-state index in [0.717, 1.165) is 32.1 Å². The van der Waals surface area contributed by atoms with Crippen molar-refractivity contribution in [1.82, 2.24) is 4.90 Å². The van der Waals surface area contributed by atoms with Crippen molar-refractivity contribution in [2.24, 2.45) is 5.41 Å². The van der Waals surface area contributed by atoms with E-state index in [4.69, 9.17) is 5.11 Å². The fraction of sp³-hybridized carbons (Fsp3) is 0.857. The third kappa shape index (κ3) is 5.19. The van der Waals surface area contributed by atoms with Gasteiger partial charge < -0.3 is 15.1 Å². The average Bonchev–Trinajstić information content (AvgIpc) is 2.27. The average molecular weight is 271 g/mol. The number of nitrogens with zero attached hydrogens (tertiary/aromatic N) is 1. The van der Waals surface area contributed by atoms with Gasteiger partial charge in [-0.1, -0.05) is 19.3 Å². The van der Waals surface area contributed by atoms with Crippen LogP contribution in [0.15, 0.2) is 0 Å². The number of carbonyl (C=O) groups excluding carboxylic acids is 1. The molecule has 1 rings (SSSR count). The molecule has 0 radical (unpaired) electrons. The van der Waals surface area contributed by atoms with Gasteiger partial charge in [-0.15, -0.1) is 0 Å². The van der Waals surface area contributed by atoms with Crippen molar-refractivity contribution < 1.29 is 19.8 Å². The highest BCUT2D eigenvalue weighted by Gasteiger charge is 2.37. The van der Waals surface area contributed by atoms with Crippen LogP contribution in [0.3, 0.4) is 0 Å². The molecule has 1 atom stereocenters. The summed E-state index contributed by atoms with van der Waals surface area (Å²) in [5, 5.41) is 18.4. The highest BCUT2D eigenvalue weighted by molar-refractivity contribution is 5.78. The molecule has 0 spiro atoms. The number of aliphatic hydroxyl groups excluding tert-OH is 1. The second-order valence-electron chi connectivity index (χ2n) is 5.93. The molecule has 1 saturated carbocycles. The molecule has 110 valence electrons. The number of likely N-dealkylation sites (N-methyl/N-ethyl adjacent to an activating group) is 1. The summed E-state index contributed by atoms with van der Waals surface area (Å²) in [5.74, 6) is -0.892. The first-order valence-electron chi connectivity index (χ1n) is 6.98. The van der Waals surface area contributed by atoms with E-state index in [2.05, 4.69) is 0 Å². The second kappa shape index (κ2) is 6.89. The molecule has 0 aliphatic heterocycles. The highest BCUT2D eigenvalue weighted by atomic mass is 16.4. The van der Waals surface area contributed by atoms with Gasteiger partial charge in [0.05, 0.1) is 12.5 Å². The summed E-state index contributed by atoms with van der Waals surface area (Å²) in [6.45, 7) is 1.93. The lowest BCUT2D eigenvalue weighted by molar-refractivity contribution is -0.142. The summed E-state index contributed by atoms with van der Waals surface area (Å²) in [7, 11) is 1.66. The summed E-state index contributed by atoms with van der Waals surface area (Å²) < 4.78 is 0. The topological polar surface area (TPSA) is 77.8 Å². The molecule has 1 fully saturated rings. The molecular formula is C14H25NO4. The lowest BCUT2D eigenvalue weighted by Gasteiger charge is -2.36. The Morgan fingerprint density at radius 1 is 1.21 bits per heavy atom. The maximum absolute atomic E-state index is 12.2. The zero-order valence-corrected chi connectivity index (χ0v) is 11.9. The van der Waals surface area contributed by atoms with Gasteiger partial charge in [-0.25, -0.2) is 0 Å². The van der Waals surface area contributed by atoms with Gasteiger partial charge in [0, 0.05) is 20.0 Å². The molecule has 0 aromatic heterocycles. The van der Waals surface area contributed by atoms with Gasteiger partial charge in [-0.3, -0.25) is 9.59 Å². The molecule has 2 N–H and O–H groups in total. The Morgan fingerprint density at radius 3 is 2.26 bits per heavy atom. The Labute approximate surface area is 114 Å². The molecule has 1 aliphatic rings. The second-order valence-corrected chi connectivity index (χ2v) is 5.93. The lowest BCUT2D eigenvalue weighted by atomic mass is 9.69. The Kier molecular flexibility index (Phi) is 5.79. The van der Waals surface area contributed by atoms with Crippen LogP contribution in [0.25, 0.3) is 0 Å². The van der Waals surface area contributed by atoms with Crippen LogP contribution < -0.4 is 0 Å². The van der Waals surface area contributed by atoms with Gasteiger partial charge in [0.15, 0.2) is 0 Å². The van der Waals surface area contributed by atoms with E-state index < -0.39 is 12.1 Å². The Balaban J connectivity index is 2.66. The van der Waals surface area contributed by atoms with Gasteiger partial charge in [-0.2, -0.15) is 0 Å². The van der Waals surface area contributed by atoms with E-state index >= 15 is 0 Å². The van der Waals surface area contributed by atoms with Crippen molar-refractivity contribution in [2.75, 3.05) is 13.6 Å². The predicted octanol–water partition coefficient (Wildman–Crippen LogP) is 1.64. The molecule has 0 bridgehead atoms. The first-order chi connectivity index (χ1) is 8.84. The minimum atomic E-state index is -0.826. The van der Waals surface area contributed by atoms with Gasteiger partial charge in [0.25, 0.3) is 0 Å².